The van der Waals surface area contributed by atoms with Gasteiger partial charge in [-0.25, -0.2) is 0 Å². The SMILES string of the molecule is COCCNC(=O)CNC[C@H](O)CO. The summed E-state index contributed by atoms with van der Waals surface area (Å²) in [5.74, 6) is -0.160. The van der Waals surface area contributed by atoms with Crippen LogP contribution in [0.1, 0.15) is 0 Å². The summed E-state index contributed by atoms with van der Waals surface area (Å²) in [7, 11) is 1.56. The Morgan fingerprint density at radius 3 is 2.86 bits per heavy atom. The van der Waals surface area contributed by atoms with Gasteiger partial charge in [-0.05, 0) is 0 Å². The van der Waals surface area contributed by atoms with Crippen molar-refractivity contribution < 1.29 is 19.7 Å². The van der Waals surface area contributed by atoms with E-state index in [9.17, 15) is 4.79 Å². The number of aliphatic hydroxyl groups excluding tert-OH is 2. The topological polar surface area (TPSA) is 90.8 Å². The van der Waals surface area contributed by atoms with E-state index in [1.807, 2.05) is 0 Å². The Bertz CT molecular complexity index is 154. The number of amides is 1. The minimum Gasteiger partial charge on any atom is -0.394 e. The average molecular weight is 206 g/mol. The number of carbonyl (C=O) groups is 1. The van der Waals surface area contributed by atoms with Crippen molar-refractivity contribution >= 4 is 5.91 Å². The summed E-state index contributed by atoms with van der Waals surface area (Å²) in [5.41, 5.74) is 0. The first-order valence-corrected chi connectivity index (χ1v) is 4.46. The molecular weight excluding hydrogens is 188 g/mol. The van der Waals surface area contributed by atoms with Gasteiger partial charge in [0.05, 0.1) is 25.9 Å². The molecule has 0 aromatic heterocycles. The van der Waals surface area contributed by atoms with Gasteiger partial charge in [-0.3, -0.25) is 4.79 Å². The summed E-state index contributed by atoms with van der Waals surface area (Å²) in [5, 5.41) is 22.7. The van der Waals surface area contributed by atoms with Crippen LogP contribution in [0, 0.1) is 0 Å². The van der Waals surface area contributed by atoms with E-state index in [2.05, 4.69) is 10.6 Å². The molecule has 0 bridgehead atoms. The Labute approximate surface area is 83.3 Å². The second-order valence-corrected chi connectivity index (χ2v) is 2.81. The van der Waals surface area contributed by atoms with Gasteiger partial charge in [0.1, 0.15) is 0 Å². The molecule has 0 radical (unpaired) electrons. The highest BCUT2D eigenvalue weighted by Gasteiger charge is 2.03. The van der Waals surface area contributed by atoms with E-state index >= 15 is 0 Å². The first kappa shape index (κ1) is 13.3. The molecule has 0 aromatic carbocycles. The Balaban J connectivity index is 3.26. The molecule has 0 aliphatic carbocycles. The monoisotopic (exact) mass is 206 g/mol. The summed E-state index contributed by atoms with van der Waals surface area (Å²) >= 11 is 0. The zero-order valence-corrected chi connectivity index (χ0v) is 8.32. The third-order valence-corrected chi connectivity index (χ3v) is 1.50. The Morgan fingerprint density at radius 1 is 1.57 bits per heavy atom. The van der Waals surface area contributed by atoms with Crippen molar-refractivity contribution in [2.75, 3.05) is 40.0 Å². The van der Waals surface area contributed by atoms with Gasteiger partial charge in [-0.1, -0.05) is 0 Å². The highest BCUT2D eigenvalue weighted by Crippen LogP contribution is 1.75. The molecule has 1 atom stereocenters. The summed E-state index contributed by atoms with van der Waals surface area (Å²) < 4.78 is 4.74. The van der Waals surface area contributed by atoms with E-state index in [0.29, 0.717) is 13.2 Å². The zero-order chi connectivity index (χ0) is 10.8. The number of carbonyl (C=O) groups excluding carboxylic acids is 1. The molecule has 0 heterocycles. The average Bonchev–Trinajstić information content (AvgIpc) is 2.18. The maximum Gasteiger partial charge on any atom is 0.234 e. The van der Waals surface area contributed by atoms with E-state index in [-0.39, 0.29) is 25.6 Å². The van der Waals surface area contributed by atoms with Gasteiger partial charge in [-0.2, -0.15) is 0 Å². The molecule has 4 N–H and O–H groups in total. The number of hydrogen-bond donors (Lipinski definition) is 4. The summed E-state index contributed by atoms with van der Waals surface area (Å²) in [6, 6.07) is 0. The minimum absolute atomic E-state index is 0.126. The fourth-order valence-corrected chi connectivity index (χ4v) is 0.772. The van der Waals surface area contributed by atoms with E-state index in [1.165, 1.54) is 0 Å². The first-order valence-electron chi connectivity index (χ1n) is 4.46. The second-order valence-electron chi connectivity index (χ2n) is 2.81. The predicted molar refractivity (Wildman–Crippen MR) is 50.8 cm³/mol. The molecule has 0 aliphatic rings. The van der Waals surface area contributed by atoms with Crippen LogP contribution in [-0.4, -0.2) is 62.2 Å². The quantitative estimate of drug-likeness (QED) is 0.335. The third-order valence-electron chi connectivity index (χ3n) is 1.50. The van der Waals surface area contributed by atoms with Gasteiger partial charge in [0, 0.05) is 20.2 Å². The van der Waals surface area contributed by atoms with Crippen LogP contribution in [0.25, 0.3) is 0 Å². The van der Waals surface area contributed by atoms with Gasteiger partial charge < -0.3 is 25.6 Å². The summed E-state index contributed by atoms with van der Waals surface area (Å²) in [6.45, 7) is 0.970. The molecule has 0 fully saturated rings. The van der Waals surface area contributed by atoms with E-state index in [1.54, 1.807) is 7.11 Å². The van der Waals surface area contributed by atoms with Crippen LogP contribution in [0.15, 0.2) is 0 Å². The predicted octanol–water partition coefficient (Wildman–Crippen LogP) is -2.31. The molecule has 14 heavy (non-hydrogen) atoms. The number of hydrogen-bond acceptors (Lipinski definition) is 5. The molecule has 0 saturated carbocycles. The summed E-state index contributed by atoms with van der Waals surface area (Å²) in [6.07, 6.45) is -0.818. The van der Waals surface area contributed by atoms with E-state index in [4.69, 9.17) is 14.9 Å². The number of nitrogens with one attached hydrogen (secondary N) is 2. The lowest BCUT2D eigenvalue weighted by Gasteiger charge is -2.08. The van der Waals surface area contributed by atoms with Gasteiger partial charge in [0.15, 0.2) is 0 Å². The highest BCUT2D eigenvalue weighted by molar-refractivity contribution is 5.77. The molecule has 0 rings (SSSR count). The van der Waals surface area contributed by atoms with E-state index < -0.39 is 6.10 Å². The second kappa shape index (κ2) is 8.89. The van der Waals surface area contributed by atoms with Crippen molar-refractivity contribution in [2.45, 2.75) is 6.10 Å². The van der Waals surface area contributed by atoms with Crippen molar-refractivity contribution in [3.63, 3.8) is 0 Å². The number of methoxy groups -OCH3 is 1. The lowest BCUT2D eigenvalue weighted by Crippen LogP contribution is -2.39. The summed E-state index contributed by atoms with van der Waals surface area (Å²) in [4.78, 5) is 11.0. The molecule has 6 heteroatoms. The zero-order valence-electron chi connectivity index (χ0n) is 8.32. The fourth-order valence-electron chi connectivity index (χ4n) is 0.772. The smallest absolute Gasteiger partial charge is 0.234 e. The Kier molecular flexibility index (Phi) is 8.45. The van der Waals surface area contributed by atoms with Gasteiger partial charge in [0.25, 0.3) is 0 Å². The van der Waals surface area contributed by atoms with E-state index in [0.717, 1.165) is 0 Å². The molecular formula is C8H18N2O4. The van der Waals surface area contributed by atoms with Crippen molar-refractivity contribution in [3.8, 4) is 0 Å². The molecule has 84 valence electrons. The van der Waals surface area contributed by atoms with Crippen LogP contribution in [0.5, 0.6) is 0 Å². The Hall–Kier alpha value is -0.690. The maximum atomic E-state index is 11.0. The van der Waals surface area contributed by atoms with Gasteiger partial charge in [0.2, 0.25) is 5.91 Å². The molecule has 0 unspecified atom stereocenters. The molecule has 1 amide bonds. The first-order chi connectivity index (χ1) is 6.70. The van der Waals surface area contributed by atoms with Crippen molar-refractivity contribution in [1.29, 1.82) is 0 Å². The van der Waals surface area contributed by atoms with Gasteiger partial charge in [-0.15, -0.1) is 0 Å². The lowest BCUT2D eigenvalue weighted by molar-refractivity contribution is -0.120. The van der Waals surface area contributed by atoms with Crippen molar-refractivity contribution in [2.24, 2.45) is 0 Å². The Morgan fingerprint density at radius 2 is 2.29 bits per heavy atom. The lowest BCUT2D eigenvalue weighted by atomic mass is 10.4. The largest absolute Gasteiger partial charge is 0.394 e. The van der Waals surface area contributed by atoms with Crippen LogP contribution < -0.4 is 10.6 Å². The van der Waals surface area contributed by atoms with Crippen LogP contribution in [0.3, 0.4) is 0 Å². The number of rotatable bonds is 8. The van der Waals surface area contributed by atoms with Crippen LogP contribution in [-0.2, 0) is 9.53 Å². The normalized spacial score (nSPS) is 12.5. The van der Waals surface area contributed by atoms with Crippen molar-refractivity contribution in [1.82, 2.24) is 10.6 Å². The maximum absolute atomic E-state index is 11.0. The molecule has 0 aromatic rings. The number of ether oxygens (including phenoxy) is 1. The van der Waals surface area contributed by atoms with Crippen LogP contribution in [0.2, 0.25) is 0 Å². The highest BCUT2D eigenvalue weighted by atomic mass is 16.5. The fraction of sp³-hybridized carbons (Fsp3) is 0.875. The molecule has 0 saturated heterocycles. The minimum atomic E-state index is -0.818. The third kappa shape index (κ3) is 7.93. The van der Waals surface area contributed by atoms with Crippen LogP contribution >= 0.6 is 0 Å². The number of aliphatic hydroxyl groups is 2. The molecule has 6 nitrogen and oxygen atoms in total. The van der Waals surface area contributed by atoms with Crippen LogP contribution in [0.4, 0.5) is 0 Å². The van der Waals surface area contributed by atoms with Gasteiger partial charge >= 0.3 is 0 Å². The molecule has 0 aliphatic heterocycles. The van der Waals surface area contributed by atoms with Crippen molar-refractivity contribution in [3.05, 3.63) is 0 Å². The molecule has 0 spiro atoms. The standard InChI is InChI=1S/C8H18N2O4/c1-14-3-2-10-8(13)5-9-4-7(12)6-11/h7,9,11-12H,2-6H2,1H3,(H,10,13)/t7-/m0/s1.